The molecular weight excluding hydrogens is 354 g/mol. The molecule has 0 atom stereocenters. The van der Waals surface area contributed by atoms with Crippen molar-refractivity contribution in [2.24, 2.45) is 0 Å². The minimum atomic E-state index is -0.350. The number of hydrogen-bond acceptors (Lipinski definition) is 4. The summed E-state index contributed by atoms with van der Waals surface area (Å²) in [6.07, 6.45) is 5.83. The van der Waals surface area contributed by atoms with Gasteiger partial charge in [-0.15, -0.1) is 0 Å². The lowest BCUT2D eigenvalue weighted by Gasteiger charge is -2.12. The van der Waals surface area contributed by atoms with Crippen molar-refractivity contribution in [2.45, 2.75) is 52.5 Å². The van der Waals surface area contributed by atoms with Gasteiger partial charge in [0.15, 0.2) is 5.82 Å². The SMILES string of the molecule is Cc1nccn1CCCc1ccc(NC(=O)Nc2cc(C(C)(C)C)on2)cc1. The summed E-state index contributed by atoms with van der Waals surface area (Å²) in [6.45, 7) is 9.03. The van der Waals surface area contributed by atoms with E-state index in [1.165, 1.54) is 5.56 Å². The fourth-order valence-corrected chi connectivity index (χ4v) is 2.81. The maximum absolute atomic E-state index is 12.1. The van der Waals surface area contributed by atoms with Gasteiger partial charge in [-0.2, -0.15) is 0 Å². The highest BCUT2D eigenvalue weighted by Gasteiger charge is 2.20. The molecule has 0 fully saturated rings. The molecular formula is C21H27N5O2. The minimum Gasteiger partial charge on any atom is -0.359 e. The molecule has 0 aliphatic heterocycles. The van der Waals surface area contributed by atoms with Gasteiger partial charge in [-0.3, -0.25) is 5.32 Å². The third-order valence-electron chi connectivity index (χ3n) is 4.49. The van der Waals surface area contributed by atoms with Gasteiger partial charge in [-0.1, -0.05) is 38.1 Å². The van der Waals surface area contributed by atoms with E-state index < -0.39 is 0 Å². The van der Waals surface area contributed by atoms with Crippen LogP contribution in [0.2, 0.25) is 0 Å². The van der Waals surface area contributed by atoms with Gasteiger partial charge in [-0.05, 0) is 37.5 Å². The van der Waals surface area contributed by atoms with E-state index in [4.69, 9.17) is 4.52 Å². The maximum Gasteiger partial charge on any atom is 0.324 e. The number of rotatable bonds is 6. The van der Waals surface area contributed by atoms with Crippen LogP contribution in [-0.4, -0.2) is 20.7 Å². The molecule has 28 heavy (non-hydrogen) atoms. The highest BCUT2D eigenvalue weighted by Crippen LogP contribution is 2.24. The predicted molar refractivity (Wildman–Crippen MR) is 110 cm³/mol. The average molecular weight is 381 g/mol. The van der Waals surface area contributed by atoms with Crippen molar-refractivity contribution in [3.05, 3.63) is 59.9 Å². The average Bonchev–Trinajstić information content (AvgIpc) is 3.26. The molecule has 7 nitrogen and oxygen atoms in total. The minimum absolute atomic E-state index is 0.157. The summed E-state index contributed by atoms with van der Waals surface area (Å²) in [4.78, 5) is 16.4. The van der Waals surface area contributed by atoms with Gasteiger partial charge >= 0.3 is 6.03 Å². The third-order valence-corrected chi connectivity index (χ3v) is 4.49. The van der Waals surface area contributed by atoms with E-state index in [1.54, 1.807) is 6.07 Å². The smallest absolute Gasteiger partial charge is 0.324 e. The lowest BCUT2D eigenvalue weighted by Crippen LogP contribution is -2.19. The van der Waals surface area contributed by atoms with Crippen molar-refractivity contribution < 1.29 is 9.32 Å². The number of amides is 2. The van der Waals surface area contributed by atoms with E-state index in [1.807, 2.05) is 64.4 Å². The monoisotopic (exact) mass is 381 g/mol. The number of hydrogen-bond donors (Lipinski definition) is 2. The number of urea groups is 1. The standard InChI is InChI=1S/C21H27N5O2/c1-15-22-11-13-26(15)12-5-6-16-7-9-17(10-8-16)23-20(27)24-19-14-18(28-25-19)21(2,3)4/h7-11,13-14H,5-6,12H2,1-4H3,(H2,23,24,25,27). The second-order valence-electron chi connectivity index (χ2n) is 7.87. The van der Waals surface area contributed by atoms with Crippen LogP contribution in [0.3, 0.4) is 0 Å². The second-order valence-corrected chi connectivity index (χ2v) is 7.87. The van der Waals surface area contributed by atoms with Gasteiger partial charge in [0.1, 0.15) is 11.6 Å². The van der Waals surface area contributed by atoms with Crippen molar-refractivity contribution >= 4 is 17.5 Å². The van der Waals surface area contributed by atoms with E-state index in [9.17, 15) is 4.79 Å². The Labute approximate surface area is 165 Å². The molecule has 0 spiro atoms. The first kappa shape index (κ1) is 19.7. The van der Waals surface area contributed by atoms with Crippen molar-refractivity contribution in [1.29, 1.82) is 0 Å². The molecule has 1 aromatic carbocycles. The van der Waals surface area contributed by atoms with E-state index in [0.717, 1.165) is 36.7 Å². The Kier molecular flexibility index (Phi) is 5.82. The highest BCUT2D eigenvalue weighted by molar-refractivity contribution is 5.99. The summed E-state index contributed by atoms with van der Waals surface area (Å²) < 4.78 is 7.42. The van der Waals surface area contributed by atoms with Crippen LogP contribution in [-0.2, 0) is 18.4 Å². The van der Waals surface area contributed by atoms with Crippen molar-refractivity contribution in [2.75, 3.05) is 10.6 Å². The molecule has 3 rings (SSSR count). The van der Waals surface area contributed by atoms with Gasteiger partial charge in [0.2, 0.25) is 0 Å². The van der Waals surface area contributed by atoms with E-state index >= 15 is 0 Å². The molecule has 0 unspecified atom stereocenters. The summed E-state index contributed by atoms with van der Waals surface area (Å²) in [7, 11) is 0. The maximum atomic E-state index is 12.1. The first-order valence-electron chi connectivity index (χ1n) is 9.43. The van der Waals surface area contributed by atoms with Crippen LogP contribution in [0.25, 0.3) is 0 Å². The normalized spacial score (nSPS) is 11.4. The molecule has 0 saturated heterocycles. The molecule has 0 aliphatic rings. The van der Waals surface area contributed by atoms with Crippen molar-refractivity contribution in [3.8, 4) is 0 Å². The van der Waals surface area contributed by atoms with Crippen LogP contribution in [0.15, 0.2) is 47.2 Å². The number of imidazole rings is 1. The zero-order chi connectivity index (χ0) is 20.1. The summed E-state index contributed by atoms with van der Waals surface area (Å²) in [5.41, 5.74) is 1.80. The van der Waals surface area contributed by atoms with Crippen LogP contribution < -0.4 is 10.6 Å². The lowest BCUT2D eigenvalue weighted by molar-refractivity contribution is 0.262. The zero-order valence-corrected chi connectivity index (χ0v) is 16.8. The molecule has 2 aromatic heterocycles. The number of nitrogens with one attached hydrogen (secondary N) is 2. The molecule has 148 valence electrons. The number of benzene rings is 1. The van der Waals surface area contributed by atoms with Crippen LogP contribution in [0.4, 0.5) is 16.3 Å². The lowest BCUT2D eigenvalue weighted by atomic mass is 9.93. The predicted octanol–water partition coefficient (Wildman–Crippen LogP) is 4.75. The highest BCUT2D eigenvalue weighted by atomic mass is 16.5. The Morgan fingerprint density at radius 2 is 1.93 bits per heavy atom. The molecule has 2 amide bonds. The largest absolute Gasteiger partial charge is 0.359 e. The van der Waals surface area contributed by atoms with Crippen molar-refractivity contribution in [1.82, 2.24) is 14.7 Å². The van der Waals surface area contributed by atoms with E-state index in [0.29, 0.717) is 5.82 Å². The Morgan fingerprint density at radius 3 is 2.54 bits per heavy atom. The Hall–Kier alpha value is -3.09. The molecule has 0 radical (unpaired) electrons. The Balaban J connectivity index is 1.47. The summed E-state index contributed by atoms with van der Waals surface area (Å²) in [5, 5.41) is 9.38. The quantitative estimate of drug-likeness (QED) is 0.645. The van der Waals surface area contributed by atoms with Gasteiger partial charge < -0.3 is 14.4 Å². The van der Waals surface area contributed by atoms with E-state index in [-0.39, 0.29) is 11.4 Å². The molecule has 0 aliphatic carbocycles. The molecule has 2 N–H and O–H groups in total. The number of anilines is 2. The molecule has 2 heterocycles. The van der Waals surface area contributed by atoms with Gasteiger partial charge in [-0.25, -0.2) is 9.78 Å². The fraction of sp³-hybridized carbons (Fsp3) is 0.381. The van der Waals surface area contributed by atoms with Gasteiger partial charge in [0.05, 0.1) is 0 Å². The van der Waals surface area contributed by atoms with E-state index in [2.05, 4.69) is 25.3 Å². The number of carbonyl (C=O) groups is 1. The first-order chi connectivity index (χ1) is 13.3. The third kappa shape index (κ3) is 5.22. The number of aryl methyl sites for hydroxylation is 3. The number of carbonyl (C=O) groups excluding carboxylic acids is 1. The van der Waals surface area contributed by atoms with Gasteiger partial charge in [0.25, 0.3) is 0 Å². The molecule has 0 bridgehead atoms. The zero-order valence-electron chi connectivity index (χ0n) is 16.8. The number of aromatic nitrogens is 3. The molecule has 3 aromatic rings. The van der Waals surface area contributed by atoms with Crippen LogP contribution in [0.1, 0.15) is 44.3 Å². The second kappa shape index (κ2) is 8.29. The Morgan fingerprint density at radius 1 is 1.18 bits per heavy atom. The van der Waals surface area contributed by atoms with Crippen molar-refractivity contribution in [3.63, 3.8) is 0 Å². The van der Waals surface area contributed by atoms with Crippen LogP contribution in [0, 0.1) is 6.92 Å². The fourth-order valence-electron chi connectivity index (χ4n) is 2.81. The summed E-state index contributed by atoms with van der Waals surface area (Å²) in [6, 6.07) is 9.26. The molecule has 0 saturated carbocycles. The first-order valence-corrected chi connectivity index (χ1v) is 9.43. The summed E-state index contributed by atoms with van der Waals surface area (Å²) in [5.74, 6) is 2.15. The summed E-state index contributed by atoms with van der Waals surface area (Å²) >= 11 is 0. The molecule has 7 heteroatoms. The van der Waals surface area contributed by atoms with Crippen LogP contribution in [0.5, 0.6) is 0 Å². The van der Waals surface area contributed by atoms with Crippen LogP contribution >= 0.6 is 0 Å². The Bertz CT molecular complexity index is 919. The number of nitrogens with zero attached hydrogens (tertiary/aromatic N) is 3. The van der Waals surface area contributed by atoms with Gasteiger partial charge in [0, 0.05) is 36.1 Å². The topological polar surface area (TPSA) is 85.0 Å².